The molecule has 92 valence electrons. The molecule has 0 saturated heterocycles. The van der Waals surface area contributed by atoms with Gasteiger partial charge in [-0.1, -0.05) is 17.7 Å². The molecule has 0 aliphatic carbocycles. The van der Waals surface area contributed by atoms with Gasteiger partial charge in [0.25, 0.3) is 0 Å². The largest absolute Gasteiger partial charge is 0.366 e. The van der Waals surface area contributed by atoms with Gasteiger partial charge in [0.2, 0.25) is 5.91 Å². The lowest BCUT2D eigenvalue weighted by atomic mass is 10.0. The number of carbonyl (C=O) groups excluding carboxylic acids is 1. The van der Waals surface area contributed by atoms with Crippen LogP contribution in [0.1, 0.15) is 27.0 Å². The van der Waals surface area contributed by atoms with Crippen molar-refractivity contribution >= 4 is 5.91 Å². The van der Waals surface area contributed by atoms with Gasteiger partial charge in [-0.05, 0) is 49.1 Å². The van der Waals surface area contributed by atoms with Gasteiger partial charge in [0, 0.05) is 18.0 Å². The monoisotopic (exact) mass is 240 g/mol. The summed E-state index contributed by atoms with van der Waals surface area (Å²) < 4.78 is 0. The number of nitrogens with zero attached hydrogens (tertiary/aromatic N) is 1. The molecule has 0 aliphatic rings. The minimum absolute atomic E-state index is 0.374. The first-order chi connectivity index (χ1) is 8.65. The Balaban J connectivity index is 2.12. The minimum Gasteiger partial charge on any atom is -0.366 e. The summed E-state index contributed by atoms with van der Waals surface area (Å²) in [5.41, 5.74) is 9.28. The van der Waals surface area contributed by atoms with Gasteiger partial charge >= 0.3 is 0 Å². The molecule has 0 saturated carbocycles. The number of aromatic nitrogens is 1. The third-order valence-corrected chi connectivity index (χ3v) is 2.85. The van der Waals surface area contributed by atoms with Crippen LogP contribution in [0.2, 0.25) is 0 Å². The van der Waals surface area contributed by atoms with Crippen molar-refractivity contribution in [3.05, 3.63) is 65.0 Å². The van der Waals surface area contributed by atoms with Gasteiger partial charge in [-0.2, -0.15) is 0 Å². The number of aryl methyl sites for hydroxylation is 3. The van der Waals surface area contributed by atoms with Crippen molar-refractivity contribution in [2.45, 2.75) is 19.8 Å². The highest BCUT2D eigenvalue weighted by Crippen LogP contribution is 2.12. The fourth-order valence-corrected chi connectivity index (χ4v) is 1.98. The second-order valence-corrected chi connectivity index (χ2v) is 4.43. The molecule has 0 fully saturated rings. The van der Waals surface area contributed by atoms with Crippen molar-refractivity contribution in [2.75, 3.05) is 0 Å². The van der Waals surface area contributed by atoms with Crippen LogP contribution in [0.15, 0.2) is 42.7 Å². The first kappa shape index (κ1) is 12.3. The van der Waals surface area contributed by atoms with E-state index in [1.54, 1.807) is 6.20 Å². The third-order valence-electron chi connectivity index (χ3n) is 2.85. The molecule has 2 rings (SSSR count). The lowest BCUT2D eigenvalue weighted by Gasteiger charge is -2.05. The Kier molecular flexibility index (Phi) is 3.72. The highest BCUT2D eigenvalue weighted by molar-refractivity contribution is 5.93. The number of pyridine rings is 1. The van der Waals surface area contributed by atoms with E-state index >= 15 is 0 Å². The SMILES string of the molecule is Cc1cc(CCc2cccnc2)cc(C(N)=O)c1. The lowest BCUT2D eigenvalue weighted by Crippen LogP contribution is -2.11. The molecule has 0 aliphatic heterocycles. The number of nitrogens with two attached hydrogens (primary N) is 1. The first-order valence-corrected chi connectivity index (χ1v) is 5.94. The summed E-state index contributed by atoms with van der Waals surface area (Å²) in [7, 11) is 0. The van der Waals surface area contributed by atoms with E-state index in [0.717, 1.165) is 24.0 Å². The van der Waals surface area contributed by atoms with Gasteiger partial charge in [-0.25, -0.2) is 0 Å². The van der Waals surface area contributed by atoms with Gasteiger partial charge in [-0.3, -0.25) is 9.78 Å². The summed E-state index contributed by atoms with van der Waals surface area (Å²) in [6.45, 7) is 1.97. The van der Waals surface area contributed by atoms with E-state index in [9.17, 15) is 4.79 Å². The molecule has 0 unspecified atom stereocenters. The maximum absolute atomic E-state index is 11.2. The molecule has 0 radical (unpaired) electrons. The van der Waals surface area contributed by atoms with E-state index in [0.29, 0.717) is 5.56 Å². The molecule has 0 bridgehead atoms. The second kappa shape index (κ2) is 5.45. The summed E-state index contributed by atoms with van der Waals surface area (Å²) in [6.07, 6.45) is 5.43. The maximum atomic E-state index is 11.2. The Hall–Kier alpha value is -2.16. The maximum Gasteiger partial charge on any atom is 0.248 e. The second-order valence-electron chi connectivity index (χ2n) is 4.43. The van der Waals surface area contributed by atoms with Crippen LogP contribution in [0.4, 0.5) is 0 Å². The molecule has 1 heterocycles. The number of carbonyl (C=O) groups is 1. The Morgan fingerprint density at radius 3 is 2.67 bits per heavy atom. The van der Waals surface area contributed by atoms with E-state index in [-0.39, 0.29) is 5.91 Å². The highest BCUT2D eigenvalue weighted by Gasteiger charge is 2.04. The van der Waals surface area contributed by atoms with Crippen molar-refractivity contribution in [3.63, 3.8) is 0 Å². The van der Waals surface area contributed by atoms with Crippen LogP contribution in [0.5, 0.6) is 0 Å². The van der Waals surface area contributed by atoms with E-state index in [2.05, 4.69) is 17.1 Å². The zero-order valence-corrected chi connectivity index (χ0v) is 10.4. The highest BCUT2D eigenvalue weighted by atomic mass is 16.1. The predicted octanol–water partition coefficient (Wildman–Crippen LogP) is 2.27. The van der Waals surface area contributed by atoms with Crippen molar-refractivity contribution in [1.29, 1.82) is 0 Å². The average Bonchev–Trinajstić information content (AvgIpc) is 2.37. The lowest BCUT2D eigenvalue weighted by molar-refractivity contribution is 0.1000. The van der Waals surface area contributed by atoms with Gasteiger partial charge in [0.05, 0.1) is 0 Å². The number of hydrogen-bond donors (Lipinski definition) is 1. The number of benzene rings is 1. The van der Waals surface area contributed by atoms with E-state index in [1.165, 1.54) is 5.56 Å². The van der Waals surface area contributed by atoms with Crippen LogP contribution in [0.25, 0.3) is 0 Å². The molecule has 1 aromatic carbocycles. The molecule has 3 heteroatoms. The average molecular weight is 240 g/mol. The number of hydrogen-bond acceptors (Lipinski definition) is 2. The molecule has 18 heavy (non-hydrogen) atoms. The number of primary amides is 1. The number of rotatable bonds is 4. The molecular formula is C15H16N2O. The summed E-state index contributed by atoms with van der Waals surface area (Å²) >= 11 is 0. The zero-order chi connectivity index (χ0) is 13.0. The fourth-order valence-electron chi connectivity index (χ4n) is 1.98. The topological polar surface area (TPSA) is 56.0 Å². The van der Waals surface area contributed by atoms with E-state index in [4.69, 9.17) is 5.73 Å². The van der Waals surface area contributed by atoms with Crippen LogP contribution in [0.3, 0.4) is 0 Å². The Bertz CT molecular complexity index is 550. The standard InChI is InChI=1S/C15H16N2O/c1-11-7-13(9-14(8-11)15(16)18)5-4-12-3-2-6-17-10-12/h2-3,6-10H,4-5H2,1H3,(H2,16,18). The normalized spacial score (nSPS) is 10.3. The van der Waals surface area contributed by atoms with E-state index < -0.39 is 0 Å². The van der Waals surface area contributed by atoms with Crippen molar-refractivity contribution in [3.8, 4) is 0 Å². The van der Waals surface area contributed by atoms with Crippen LogP contribution in [0, 0.1) is 6.92 Å². The Labute approximate surface area is 107 Å². The zero-order valence-electron chi connectivity index (χ0n) is 10.4. The predicted molar refractivity (Wildman–Crippen MR) is 71.3 cm³/mol. The van der Waals surface area contributed by atoms with Gasteiger partial charge in [-0.15, -0.1) is 0 Å². The summed E-state index contributed by atoms with van der Waals surface area (Å²) in [5.74, 6) is -0.374. The van der Waals surface area contributed by atoms with Crippen molar-refractivity contribution < 1.29 is 4.79 Å². The van der Waals surface area contributed by atoms with Crippen molar-refractivity contribution in [2.24, 2.45) is 5.73 Å². The molecule has 1 amide bonds. The molecule has 2 N–H and O–H groups in total. The smallest absolute Gasteiger partial charge is 0.248 e. The molecule has 0 spiro atoms. The Morgan fingerprint density at radius 1 is 1.22 bits per heavy atom. The number of amides is 1. The van der Waals surface area contributed by atoms with Gasteiger partial charge < -0.3 is 5.73 Å². The first-order valence-electron chi connectivity index (χ1n) is 5.94. The molecular weight excluding hydrogens is 224 g/mol. The van der Waals surface area contributed by atoms with Gasteiger partial charge in [0.1, 0.15) is 0 Å². The third kappa shape index (κ3) is 3.17. The summed E-state index contributed by atoms with van der Waals surface area (Å²) in [6, 6.07) is 9.75. The summed E-state index contributed by atoms with van der Waals surface area (Å²) in [4.78, 5) is 15.3. The molecule has 2 aromatic rings. The fraction of sp³-hybridized carbons (Fsp3) is 0.200. The van der Waals surface area contributed by atoms with Crippen LogP contribution < -0.4 is 5.73 Å². The molecule has 1 aromatic heterocycles. The van der Waals surface area contributed by atoms with E-state index in [1.807, 2.05) is 31.3 Å². The van der Waals surface area contributed by atoms with Crippen molar-refractivity contribution in [1.82, 2.24) is 4.98 Å². The molecule has 3 nitrogen and oxygen atoms in total. The quantitative estimate of drug-likeness (QED) is 0.891. The van der Waals surface area contributed by atoms with Gasteiger partial charge in [0.15, 0.2) is 0 Å². The minimum atomic E-state index is -0.374. The van der Waals surface area contributed by atoms with Crippen LogP contribution >= 0.6 is 0 Å². The molecule has 0 atom stereocenters. The van der Waals surface area contributed by atoms with Crippen LogP contribution in [-0.2, 0) is 12.8 Å². The van der Waals surface area contributed by atoms with Crippen LogP contribution in [-0.4, -0.2) is 10.9 Å². The Morgan fingerprint density at radius 2 is 2.00 bits per heavy atom. The summed E-state index contributed by atoms with van der Waals surface area (Å²) in [5, 5.41) is 0.